The van der Waals surface area contributed by atoms with Gasteiger partial charge in [-0.1, -0.05) is 39.3 Å². The van der Waals surface area contributed by atoms with Gasteiger partial charge >= 0.3 is 0 Å². The van der Waals surface area contributed by atoms with Crippen LogP contribution in [-0.2, 0) is 56.8 Å². The van der Waals surface area contributed by atoms with Crippen molar-refractivity contribution < 1.29 is 128 Å². The summed E-state index contributed by atoms with van der Waals surface area (Å²) < 4.78 is 75.0. The zero-order valence-electron chi connectivity index (χ0n) is 48.4. The van der Waals surface area contributed by atoms with Gasteiger partial charge in [-0.3, -0.25) is 0 Å². The summed E-state index contributed by atoms with van der Waals surface area (Å²) in [5.74, 6) is 0.580. The first-order chi connectivity index (χ1) is 39.3. The minimum atomic E-state index is -1.86. The van der Waals surface area contributed by atoms with Gasteiger partial charge in [0.05, 0.1) is 50.8 Å². The summed E-state index contributed by atoms with van der Waals surface area (Å²) in [6.45, 7) is 10.3. The molecular weight excluding hydrogens is 1100 g/mol. The average Bonchev–Trinajstić information content (AvgIpc) is 2.51. The maximum Gasteiger partial charge on any atom is 0.187 e. The summed E-state index contributed by atoms with van der Waals surface area (Å²) in [7, 11) is 1.71. The molecule has 14 N–H and O–H groups in total. The molecule has 0 amide bonds. The standard InChI is InChI=1S/C57H94O26/c1-22(20-73-50-44(69)42(67)39(64)33(18-58)78-50)10-15-57(72-7)23(2)35-32(83-57)17-30-28-9-8-26-16-27(11-13-55(26,5)29(28)12-14-56(30,35)6)77-54-49(82-53-46(71)41(66)37(62)25(4)76-53)48(81-51-43(68)38(63)31(60)21-74-51)47(34(19-59)79-54)80-52-45(70)40(65)36(61)24(3)75-52/h8,22-25,27-54,58-71H,9-21H2,1-7H3. The van der Waals surface area contributed by atoms with E-state index in [1.165, 1.54) is 19.4 Å². The molecule has 35 atom stereocenters. The molecular formula is C57H94O26. The Bertz CT molecular complexity index is 2180. The van der Waals surface area contributed by atoms with Crippen molar-refractivity contribution >= 4 is 0 Å². The number of aliphatic hydroxyl groups excluding tert-OH is 14. The van der Waals surface area contributed by atoms with Gasteiger partial charge in [0.15, 0.2) is 37.2 Å². The highest BCUT2D eigenvalue weighted by atomic mass is 16.8. The molecule has 0 bridgehead atoms. The molecule has 6 aliphatic heterocycles. The molecule has 478 valence electrons. The van der Waals surface area contributed by atoms with Crippen LogP contribution >= 0.6 is 0 Å². The van der Waals surface area contributed by atoms with Gasteiger partial charge in [-0.05, 0) is 106 Å². The zero-order valence-corrected chi connectivity index (χ0v) is 48.4. The molecule has 3 saturated carbocycles. The van der Waals surface area contributed by atoms with Gasteiger partial charge in [0.25, 0.3) is 0 Å². The van der Waals surface area contributed by atoms with Crippen LogP contribution in [0, 0.1) is 46.3 Å². The predicted molar refractivity (Wildman–Crippen MR) is 280 cm³/mol. The van der Waals surface area contributed by atoms with Crippen molar-refractivity contribution in [3.8, 4) is 0 Å². The molecule has 6 heterocycles. The van der Waals surface area contributed by atoms with Crippen molar-refractivity contribution in [3.63, 3.8) is 0 Å². The van der Waals surface area contributed by atoms with Crippen LogP contribution in [0.15, 0.2) is 11.6 Å². The largest absolute Gasteiger partial charge is 0.394 e. The highest BCUT2D eigenvalue weighted by Crippen LogP contribution is 2.70. The summed E-state index contributed by atoms with van der Waals surface area (Å²) in [4.78, 5) is 0. The summed E-state index contributed by atoms with van der Waals surface area (Å²) >= 11 is 0. The lowest BCUT2D eigenvalue weighted by Gasteiger charge is -2.58. The van der Waals surface area contributed by atoms with Crippen LogP contribution in [0.25, 0.3) is 0 Å². The Morgan fingerprint density at radius 3 is 1.84 bits per heavy atom. The summed E-state index contributed by atoms with van der Waals surface area (Å²) in [5.41, 5.74) is 1.01. The van der Waals surface area contributed by atoms with Gasteiger partial charge in [-0.2, -0.15) is 0 Å². The molecule has 35 unspecified atom stereocenters. The first-order valence-corrected chi connectivity index (χ1v) is 30.1. The molecule has 10 aliphatic rings. The lowest BCUT2D eigenvalue weighted by molar-refractivity contribution is -0.407. The first kappa shape index (κ1) is 64.7. The fourth-order valence-electron chi connectivity index (χ4n) is 16.4. The van der Waals surface area contributed by atoms with Gasteiger partial charge in [0.1, 0.15) is 104 Å². The number of rotatable bonds is 17. The van der Waals surface area contributed by atoms with Crippen molar-refractivity contribution in [2.24, 2.45) is 46.3 Å². The molecule has 9 fully saturated rings. The molecule has 10 rings (SSSR count). The Labute approximate surface area is 483 Å². The number of hydrogen-bond donors (Lipinski definition) is 14. The Morgan fingerprint density at radius 1 is 0.614 bits per heavy atom. The van der Waals surface area contributed by atoms with Crippen LogP contribution in [0.3, 0.4) is 0 Å². The summed E-state index contributed by atoms with van der Waals surface area (Å²) in [6.07, 6.45) is -28.4. The quantitative estimate of drug-likeness (QED) is 0.0651. The van der Waals surface area contributed by atoms with E-state index in [0.717, 1.165) is 32.1 Å². The van der Waals surface area contributed by atoms with E-state index < -0.39 is 179 Å². The number of methoxy groups -OCH3 is 1. The van der Waals surface area contributed by atoms with Crippen LogP contribution < -0.4 is 0 Å². The van der Waals surface area contributed by atoms with Crippen LogP contribution in [0.2, 0.25) is 0 Å². The lowest BCUT2D eigenvalue weighted by Crippen LogP contribution is -2.68. The number of fused-ring (bicyclic) bond motifs is 7. The van der Waals surface area contributed by atoms with Gasteiger partial charge in [-0.15, -0.1) is 0 Å². The second kappa shape index (κ2) is 25.5. The van der Waals surface area contributed by atoms with E-state index in [1.807, 2.05) is 6.92 Å². The molecule has 0 aromatic heterocycles. The third kappa shape index (κ3) is 11.8. The topological polar surface area (TPSA) is 394 Å². The SMILES string of the molecule is COC1(CCC(C)COC2OC(CO)C(O)C(O)C2O)OC2CC3C4CC=C5CC(OC6OC(CO)C(OC7OC(C)C(O)C(O)C7O)C(OC7OCC(O)C(O)C7O)C6OC6OC(C)C(O)C(O)C6O)CCC5(C)C4CCC3(C)C2C1C. The minimum Gasteiger partial charge on any atom is -0.394 e. The highest BCUT2D eigenvalue weighted by Gasteiger charge is 2.69. The molecule has 0 aromatic carbocycles. The Morgan fingerprint density at radius 2 is 1.20 bits per heavy atom. The van der Waals surface area contributed by atoms with E-state index in [1.54, 1.807) is 7.11 Å². The van der Waals surface area contributed by atoms with Crippen molar-refractivity contribution in [2.45, 2.75) is 265 Å². The van der Waals surface area contributed by atoms with E-state index in [0.29, 0.717) is 43.4 Å². The number of ether oxygens (including phenoxy) is 12. The second-order valence-electron chi connectivity index (χ2n) is 26.3. The smallest absolute Gasteiger partial charge is 0.187 e. The van der Waals surface area contributed by atoms with Gasteiger partial charge in [0.2, 0.25) is 0 Å². The Kier molecular flexibility index (Phi) is 19.9. The number of allylic oxidation sites excluding steroid dienone is 1. The highest BCUT2D eigenvalue weighted by molar-refractivity contribution is 5.26. The first-order valence-electron chi connectivity index (χ1n) is 30.1. The third-order valence-electron chi connectivity index (χ3n) is 21.5. The third-order valence-corrected chi connectivity index (χ3v) is 21.5. The monoisotopic (exact) mass is 1190 g/mol. The lowest BCUT2D eigenvalue weighted by atomic mass is 9.47. The fraction of sp³-hybridized carbons (Fsp3) is 0.965. The molecule has 83 heavy (non-hydrogen) atoms. The molecule has 0 radical (unpaired) electrons. The summed E-state index contributed by atoms with van der Waals surface area (Å²) in [5, 5.41) is 149. The zero-order chi connectivity index (χ0) is 59.9. The normalized spacial score (nSPS) is 55.0. The van der Waals surface area contributed by atoms with Crippen molar-refractivity contribution in [1.82, 2.24) is 0 Å². The number of aliphatic hydroxyl groups is 14. The van der Waals surface area contributed by atoms with E-state index in [-0.39, 0.29) is 41.3 Å². The molecule has 6 saturated heterocycles. The van der Waals surface area contributed by atoms with Crippen molar-refractivity contribution in [2.75, 3.05) is 33.5 Å². The minimum absolute atomic E-state index is 0.0162. The number of hydrogen-bond acceptors (Lipinski definition) is 26. The molecule has 0 spiro atoms. The van der Waals surface area contributed by atoms with Gasteiger partial charge in [0, 0.05) is 19.4 Å². The second-order valence-corrected chi connectivity index (χ2v) is 26.3. The molecule has 26 heteroatoms. The average molecular weight is 1200 g/mol. The Hall–Kier alpha value is -1.30. The van der Waals surface area contributed by atoms with Crippen LogP contribution in [-0.4, -0.2) is 270 Å². The van der Waals surface area contributed by atoms with E-state index in [2.05, 4.69) is 26.8 Å². The molecule has 26 nitrogen and oxygen atoms in total. The Balaban J connectivity index is 0.850. The maximum atomic E-state index is 11.3. The van der Waals surface area contributed by atoms with Crippen molar-refractivity contribution in [1.29, 1.82) is 0 Å². The molecule has 0 aromatic rings. The van der Waals surface area contributed by atoms with Crippen LogP contribution in [0.4, 0.5) is 0 Å². The van der Waals surface area contributed by atoms with Crippen LogP contribution in [0.1, 0.15) is 99.3 Å². The van der Waals surface area contributed by atoms with Crippen molar-refractivity contribution in [3.05, 3.63) is 11.6 Å². The predicted octanol–water partition coefficient (Wildman–Crippen LogP) is -2.86. The maximum absolute atomic E-state index is 11.3. The molecule has 4 aliphatic carbocycles. The van der Waals surface area contributed by atoms with Gasteiger partial charge in [-0.25, -0.2) is 0 Å². The summed E-state index contributed by atoms with van der Waals surface area (Å²) in [6, 6.07) is 0. The van der Waals surface area contributed by atoms with E-state index >= 15 is 0 Å². The van der Waals surface area contributed by atoms with Crippen LogP contribution in [0.5, 0.6) is 0 Å². The van der Waals surface area contributed by atoms with Gasteiger partial charge < -0.3 is 128 Å². The van der Waals surface area contributed by atoms with E-state index in [4.69, 9.17) is 56.8 Å². The fourth-order valence-corrected chi connectivity index (χ4v) is 16.4. The van der Waals surface area contributed by atoms with E-state index in [9.17, 15) is 71.5 Å².